The summed E-state index contributed by atoms with van der Waals surface area (Å²) >= 11 is -2.37. The summed E-state index contributed by atoms with van der Waals surface area (Å²) in [7, 11) is 0. The van der Waals surface area contributed by atoms with Gasteiger partial charge < -0.3 is 24.8 Å². The Kier molecular flexibility index (Phi) is 10.0. The van der Waals surface area contributed by atoms with Crippen molar-refractivity contribution in [3.63, 3.8) is 0 Å². The van der Waals surface area contributed by atoms with Gasteiger partial charge >= 0.3 is 279 Å². The van der Waals surface area contributed by atoms with Gasteiger partial charge in [-0.3, -0.25) is 0 Å². The fourth-order valence-corrected chi connectivity index (χ4v) is 28.1. The summed E-state index contributed by atoms with van der Waals surface area (Å²) in [6.45, 7) is 9.95. The number of allylic oxidation sites excluding steroid dienone is 2. The molecule has 0 spiro atoms. The van der Waals surface area contributed by atoms with E-state index >= 15 is 0 Å². The fraction of sp³-hybridized carbons (Fsp3) is 0.158. The van der Waals surface area contributed by atoms with E-state index in [-0.39, 0.29) is 24.8 Å². The van der Waals surface area contributed by atoms with Gasteiger partial charge in [-0.1, -0.05) is 0 Å². The van der Waals surface area contributed by atoms with Gasteiger partial charge in [0.1, 0.15) is 0 Å². The third-order valence-electron chi connectivity index (χ3n) is 9.47. The average molecular weight is 765 g/mol. The third kappa shape index (κ3) is 5.94. The molecule has 4 aromatic carbocycles. The molecule has 2 aliphatic rings. The van der Waals surface area contributed by atoms with Crippen LogP contribution in [0.25, 0.3) is 45.8 Å². The number of hydrogen-bond donors (Lipinski definition) is 0. The van der Waals surface area contributed by atoms with Crippen LogP contribution < -0.4 is 24.8 Å². The summed E-state index contributed by atoms with van der Waals surface area (Å²) in [5, 5.41) is 16.6. The SMILES string of the molecule is CC1=Cc2c(-c3ccccc3)cc(-n3cnnc3)cc2[C@@H]1[Zr+2]([C@H]1C(C)=Cc2c(-c3ccccc3)cc(-n3cnnc3)cc21)=[Si](C)C.[Cl-].[Cl-]. The quantitative estimate of drug-likeness (QED) is 0.245. The molecule has 2 aliphatic carbocycles. The van der Waals surface area contributed by atoms with Crippen LogP contribution in [0.3, 0.4) is 0 Å². The van der Waals surface area contributed by atoms with E-state index < -0.39 is 25.8 Å². The first-order valence-corrected chi connectivity index (χ1v) is 24.7. The predicted octanol–water partition coefficient (Wildman–Crippen LogP) is 2.68. The summed E-state index contributed by atoms with van der Waals surface area (Å²) < 4.78 is 5.08. The van der Waals surface area contributed by atoms with Gasteiger partial charge in [-0.25, -0.2) is 0 Å². The smallest absolute Gasteiger partial charge is 1.00 e. The second-order valence-corrected chi connectivity index (χ2v) is 30.4. The molecule has 238 valence electrons. The van der Waals surface area contributed by atoms with Crippen LogP contribution >= 0.6 is 0 Å². The third-order valence-corrected chi connectivity index (χ3v) is 29.4. The molecule has 0 saturated heterocycles. The van der Waals surface area contributed by atoms with E-state index in [9.17, 15) is 0 Å². The fourth-order valence-electron chi connectivity index (χ4n) is 7.48. The van der Waals surface area contributed by atoms with Gasteiger partial charge in [0.05, 0.1) is 0 Å². The summed E-state index contributed by atoms with van der Waals surface area (Å²) in [6.07, 6.45) is 12.3. The van der Waals surface area contributed by atoms with Gasteiger partial charge in [-0.2, -0.15) is 0 Å². The van der Waals surface area contributed by atoms with Gasteiger partial charge in [0.2, 0.25) is 0 Å². The molecule has 10 heteroatoms. The number of benzene rings is 4. The number of hydrogen-bond acceptors (Lipinski definition) is 4. The van der Waals surface area contributed by atoms with Crippen LogP contribution in [-0.4, -0.2) is 35.0 Å². The largest absolute Gasteiger partial charge is 1.00 e. The first-order valence-electron chi connectivity index (χ1n) is 15.7. The second-order valence-electron chi connectivity index (χ2n) is 12.6. The van der Waals surface area contributed by atoms with Crippen molar-refractivity contribution in [3.05, 3.63) is 144 Å². The molecule has 8 rings (SSSR count). The van der Waals surface area contributed by atoms with Crippen molar-refractivity contribution in [1.29, 1.82) is 0 Å². The van der Waals surface area contributed by atoms with Gasteiger partial charge in [-0.05, 0) is 0 Å². The number of aromatic nitrogens is 6. The van der Waals surface area contributed by atoms with Crippen molar-refractivity contribution in [2.45, 2.75) is 34.2 Å². The molecule has 2 aromatic heterocycles. The zero-order valence-corrected chi connectivity index (χ0v) is 32.1. The van der Waals surface area contributed by atoms with E-state index in [1.807, 2.05) is 25.3 Å². The van der Waals surface area contributed by atoms with Gasteiger partial charge in [0.25, 0.3) is 0 Å². The summed E-state index contributed by atoms with van der Waals surface area (Å²) in [5.41, 5.74) is 15.5. The van der Waals surface area contributed by atoms with Crippen LogP contribution in [0.15, 0.2) is 121 Å². The van der Waals surface area contributed by atoms with Crippen molar-refractivity contribution >= 4 is 17.6 Å². The van der Waals surface area contributed by atoms with E-state index in [1.54, 1.807) is 0 Å². The van der Waals surface area contributed by atoms with Crippen LogP contribution in [0.5, 0.6) is 0 Å². The minimum Gasteiger partial charge on any atom is -1.00 e. The number of rotatable bonds is 6. The molecule has 2 heterocycles. The summed E-state index contributed by atoms with van der Waals surface area (Å²) in [5.74, 6) is 0. The Balaban J connectivity index is 0.00000201. The van der Waals surface area contributed by atoms with Crippen molar-refractivity contribution in [2.75, 3.05) is 0 Å². The molecule has 0 unspecified atom stereocenters. The summed E-state index contributed by atoms with van der Waals surface area (Å²) in [4.78, 5) is 0. The summed E-state index contributed by atoms with van der Waals surface area (Å²) in [6, 6.07) is 31.1. The van der Waals surface area contributed by atoms with E-state index in [0.29, 0.717) is 7.25 Å². The number of halogens is 2. The van der Waals surface area contributed by atoms with Crippen LogP contribution in [0.4, 0.5) is 0 Å². The topological polar surface area (TPSA) is 61.4 Å². The first kappa shape index (κ1) is 34.2. The van der Waals surface area contributed by atoms with Gasteiger partial charge in [0, 0.05) is 0 Å². The maximum absolute atomic E-state index is 4.15. The standard InChI is InChI=1S/2C18H14N3.C2H6Si.2ClH.Zr/c2*1-13-7-15-9-16(21-11-19-20-12-21)10-18(17(15)8-13)14-5-3-2-4-6-14;1-3-2;;;/h2*2-12H,1H3;1-2H3;2*1H;/q;;;;;+2/p-2. The molecule has 6 nitrogen and oxygen atoms in total. The monoisotopic (exact) mass is 762 g/mol. The molecule has 6 aromatic rings. The minimum absolute atomic E-state index is 0. The minimum atomic E-state index is -2.37. The molecule has 0 aliphatic heterocycles. The molecule has 2 atom stereocenters. The molecule has 0 amide bonds. The molecule has 0 radical (unpaired) electrons. The average Bonchev–Trinajstić information content (AvgIpc) is 3.89. The predicted molar refractivity (Wildman–Crippen MR) is 184 cm³/mol. The van der Waals surface area contributed by atoms with Crippen molar-refractivity contribution < 1.29 is 45.2 Å². The Hall–Kier alpha value is -3.68. The molecular weight excluding hydrogens is 731 g/mol. The maximum Gasteiger partial charge on any atom is -1.00 e. The van der Waals surface area contributed by atoms with Crippen LogP contribution in [0, 0.1) is 0 Å². The Morgan fingerprint density at radius 3 is 1.29 bits per heavy atom. The molecule has 48 heavy (non-hydrogen) atoms. The molecule has 0 bridgehead atoms. The van der Waals surface area contributed by atoms with Crippen LogP contribution in [-0.2, 0) is 20.4 Å². The van der Waals surface area contributed by atoms with Gasteiger partial charge in [0.15, 0.2) is 0 Å². The Morgan fingerprint density at radius 2 is 0.938 bits per heavy atom. The molecular formula is C38H34Cl2N6SiZr. The Bertz CT molecular complexity index is 2040. The normalized spacial score (nSPS) is 15.6. The van der Waals surface area contributed by atoms with E-state index in [0.717, 1.165) is 11.4 Å². The van der Waals surface area contributed by atoms with Crippen molar-refractivity contribution in [1.82, 2.24) is 29.5 Å². The zero-order valence-electron chi connectivity index (χ0n) is 27.1. The zero-order chi connectivity index (χ0) is 31.4. The molecule has 0 fully saturated rings. The maximum atomic E-state index is 4.15. The van der Waals surface area contributed by atoms with Gasteiger partial charge in [-0.15, -0.1) is 0 Å². The number of nitrogens with zero attached hydrogens (tertiary/aromatic N) is 6. The first-order chi connectivity index (χ1) is 22.5. The molecule has 0 saturated carbocycles. The van der Waals surface area contributed by atoms with Crippen LogP contribution in [0.1, 0.15) is 43.4 Å². The van der Waals surface area contributed by atoms with E-state index in [4.69, 9.17) is 0 Å². The van der Waals surface area contributed by atoms with Crippen molar-refractivity contribution in [2.24, 2.45) is 0 Å². The van der Waals surface area contributed by atoms with E-state index in [1.165, 1.54) is 55.7 Å². The number of fused-ring (bicyclic) bond motifs is 2. The van der Waals surface area contributed by atoms with Crippen LogP contribution in [0.2, 0.25) is 13.1 Å². The Morgan fingerprint density at radius 1 is 0.562 bits per heavy atom. The van der Waals surface area contributed by atoms with Crippen molar-refractivity contribution in [3.8, 4) is 33.6 Å². The second kappa shape index (κ2) is 14.0. The van der Waals surface area contributed by atoms with E-state index in [2.05, 4.69) is 154 Å². The Labute approximate surface area is 301 Å². The molecule has 0 N–H and O–H groups in total.